The van der Waals surface area contributed by atoms with E-state index in [1.54, 1.807) is 20.0 Å². The number of carbonyl (C=O) groups excluding carboxylic acids is 1. The molecule has 0 bridgehead atoms. The van der Waals surface area contributed by atoms with Crippen molar-refractivity contribution in [2.24, 2.45) is 5.92 Å². The van der Waals surface area contributed by atoms with Crippen LogP contribution in [0.3, 0.4) is 0 Å². The molecule has 0 amide bonds. The lowest BCUT2D eigenvalue weighted by Gasteiger charge is -2.24. The molecule has 0 fully saturated rings. The van der Waals surface area contributed by atoms with Crippen LogP contribution in [0.5, 0.6) is 0 Å². The standard InChI is InChI=1S/C13H23NO3/c1-5-7-8-10(3)12(15)11(13(16)17)14(4)9-6-2/h6,10-11H,2,5,7-9H2,1,3-4H3,(H,16,17)/t10-,11-/m0/s1. The minimum absolute atomic E-state index is 0.205. The molecule has 0 aromatic carbocycles. The maximum absolute atomic E-state index is 12.1. The average Bonchev–Trinajstić information content (AvgIpc) is 2.25. The van der Waals surface area contributed by atoms with Gasteiger partial charge < -0.3 is 5.11 Å². The van der Waals surface area contributed by atoms with E-state index >= 15 is 0 Å². The van der Waals surface area contributed by atoms with Crippen LogP contribution < -0.4 is 0 Å². The van der Waals surface area contributed by atoms with Crippen LogP contribution in [0, 0.1) is 5.92 Å². The monoisotopic (exact) mass is 241 g/mol. The second kappa shape index (κ2) is 8.01. The highest BCUT2D eigenvalue weighted by Gasteiger charge is 2.32. The number of carbonyl (C=O) groups is 2. The summed E-state index contributed by atoms with van der Waals surface area (Å²) in [5.41, 5.74) is 0. The van der Waals surface area contributed by atoms with E-state index in [0.29, 0.717) is 6.54 Å². The molecule has 0 aliphatic heterocycles. The molecule has 0 spiro atoms. The van der Waals surface area contributed by atoms with Crippen molar-refractivity contribution in [3.8, 4) is 0 Å². The minimum Gasteiger partial charge on any atom is -0.480 e. The van der Waals surface area contributed by atoms with Crippen LogP contribution in [-0.4, -0.2) is 41.4 Å². The lowest BCUT2D eigenvalue weighted by Crippen LogP contribution is -2.46. The van der Waals surface area contributed by atoms with Gasteiger partial charge in [0.15, 0.2) is 11.8 Å². The van der Waals surface area contributed by atoms with Gasteiger partial charge in [-0.3, -0.25) is 14.5 Å². The van der Waals surface area contributed by atoms with Gasteiger partial charge in [-0.1, -0.05) is 32.8 Å². The van der Waals surface area contributed by atoms with Gasteiger partial charge in [0.1, 0.15) is 0 Å². The molecule has 0 aromatic rings. The average molecular weight is 241 g/mol. The van der Waals surface area contributed by atoms with Gasteiger partial charge in [-0.05, 0) is 13.5 Å². The quantitative estimate of drug-likeness (QED) is 0.495. The maximum Gasteiger partial charge on any atom is 0.328 e. The molecule has 0 aliphatic rings. The van der Waals surface area contributed by atoms with Crippen molar-refractivity contribution >= 4 is 11.8 Å². The van der Waals surface area contributed by atoms with Crippen LogP contribution in [0.25, 0.3) is 0 Å². The molecule has 0 heterocycles. The predicted octanol–water partition coefficient (Wildman–Crippen LogP) is 1.95. The lowest BCUT2D eigenvalue weighted by molar-refractivity contribution is -0.148. The summed E-state index contributed by atoms with van der Waals surface area (Å²) in [6.07, 6.45) is 4.31. The van der Waals surface area contributed by atoms with Crippen LogP contribution in [0.15, 0.2) is 12.7 Å². The lowest BCUT2D eigenvalue weighted by atomic mass is 9.94. The Kier molecular flexibility index (Phi) is 7.46. The summed E-state index contributed by atoms with van der Waals surface area (Å²) >= 11 is 0. The Balaban J connectivity index is 4.64. The topological polar surface area (TPSA) is 57.6 Å². The smallest absolute Gasteiger partial charge is 0.328 e. The summed E-state index contributed by atoms with van der Waals surface area (Å²) in [6, 6.07) is -1.06. The Labute approximate surface area is 103 Å². The molecular weight excluding hydrogens is 218 g/mol. The van der Waals surface area contributed by atoms with Crippen molar-refractivity contribution in [3.63, 3.8) is 0 Å². The van der Waals surface area contributed by atoms with Crippen LogP contribution in [0.2, 0.25) is 0 Å². The fourth-order valence-corrected chi connectivity index (χ4v) is 1.76. The van der Waals surface area contributed by atoms with Crippen molar-refractivity contribution in [3.05, 3.63) is 12.7 Å². The molecule has 0 unspecified atom stereocenters. The summed E-state index contributed by atoms with van der Waals surface area (Å²) in [5.74, 6) is -1.50. The number of carboxylic acid groups (broad SMARTS) is 1. The van der Waals surface area contributed by atoms with Crippen LogP contribution in [0.4, 0.5) is 0 Å². The highest BCUT2D eigenvalue weighted by molar-refractivity contribution is 6.03. The van der Waals surface area contributed by atoms with Gasteiger partial charge in [-0.25, -0.2) is 0 Å². The Bertz CT molecular complexity index is 276. The molecule has 2 atom stereocenters. The van der Waals surface area contributed by atoms with Crippen molar-refractivity contribution < 1.29 is 14.7 Å². The van der Waals surface area contributed by atoms with E-state index in [0.717, 1.165) is 19.3 Å². The molecule has 0 rings (SSSR count). The molecule has 0 aromatic heterocycles. The number of hydrogen-bond donors (Lipinski definition) is 1. The summed E-state index contributed by atoms with van der Waals surface area (Å²) in [5, 5.41) is 9.12. The predicted molar refractivity (Wildman–Crippen MR) is 67.9 cm³/mol. The number of likely N-dealkylation sites (N-methyl/N-ethyl adjacent to an activating group) is 1. The van der Waals surface area contributed by atoms with Crippen molar-refractivity contribution in [1.29, 1.82) is 0 Å². The van der Waals surface area contributed by atoms with Crippen molar-refractivity contribution in [2.75, 3.05) is 13.6 Å². The largest absolute Gasteiger partial charge is 0.480 e. The Morgan fingerprint density at radius 3 is 2.47 bits per heavy atom. The second-order valence-corrected chi connectivity index (χ2v) is 4.41. The minimum atomic E-state index is -1.08. The third kappa shape index (κ3) is 5.13. The Hall–Kier alpha value is -1.16. The molecule has 0 saturated carbocycles. The Morgan fingerprint density at radius 2 is 2.06 bits per heavy atom. The zero-order valence-electron chi connectivity index (χ0n) is 11.0. The number of carboxylic acids is 1. The van der Waals surface area contributed by atoms with Crippen LogP contribution in [0.1, 0.15) is 33.1 Å². The first-order valence-electron chi connectivity index (χ1n) is 6.03. The number of rotatable bonds is 9. The normalized spacial score (nSPS) is 14.4. The number of ketones is 1. The molecule has 0 saturated heterocycles. The molecule has 0 radical (unpaired) electrons. The van der Waals surface area contributed by atoms with Gasteiger partial charge in [0.25, 0.3) is 0 Å². The molecule has 98 valence electrons. The molecule has 17 heavy (non-hydrogen) atoms. The van der Waals surface area contributed by atoms with Gasteiger partial charge in [-0.15, -0.1) is 6.58 Å². The second-order valence-electron chi connectivity index (χ2n) is 4.41. The third-order valence-corrected chi connectivity index (χ3v) is 2.84. The number of hydrogen-bond acceptors (Lipinski definition) is 3. The highest BCUT2D eigenvalue weighted by Crippen LogP contribution is 2.13. The first-order valence-corrected chi connectivity index (χ1v) is 6.03. The van der Waals surface area contributed by atoms with E-state index in [1.165, 1.54) is 4.90 Å². The maximum atomic E-state index is 12.1. The SMILES string of the molecule is C=CCN(C)[C@H](C(=O)O)C(=O)[C@@H](C)CCCC. The van der Waals surface area contributed by atoms with E-state index < -0.39 is 12.0 Å². The van der Waals surface area contributed by atoms with E-state index in [1.807, 2.05) is 0 Å². The van der Waals surface area contributed by atoms with E-state index in [2.05, 4.69) is 13.5 Å². The Morgan fingerprint density at radius 1 is 1.47 bits per heavy atom. The zero-order valence-corrected chi connectivity index (χ0v) is 11.0. The number of unbranched alkanes of at least 4 members (excludes halogenated alkanes) is 1. The fraction of sp³-hybridized carbons (Fsp3) is 0.692. The van der Waals surface area contributed by atoms with Crippen LogP contribution in [-0.2, 0) is 9.59 Å². The first-order chi connectivity index (χ1) is 7.95. The zero-order chi connectivity index (χ0) is 13.4. The van der Waals surface area contributed by atoms with Gasteiger partial charge in [-0.2, -0.15) is 0 Å². The summed E-state index contributed by atoms with van der Waals surface area (Å²) in [4.78, 5) is 24.7. The fourth-order valence-electron chi connectivity index (χ4n) is 1.76. The number of Topliss-reactive ketones (excluding diaryl/α,β-unsaturated/α-hetero) is 1. The van der Waals surface area contributed by atoms with E-state index in [4.69, 9.17) is 5.11 Å². The van der Waals surface area contributed by atoms with Gasteiger partial charge in [0.05, 0.1) is 0 Å². The van der Waals surface area contributed by atoms with Crippen molar-refractivity contribution in [2.45, 2.75) is 39.2 Å². The first kappa shape index (κ1) is 15.8. The highest BCUT2D eigenvalue weighted by atomic mass is 16.4. The van der Waals surface area contributed by atoms with Gasteiger partial charge >= 0.3 is 5.97 Å². The van der Waals surface area contributed by atoms with Crippen molar-refractivity contribution in [1.82, 2.24) is 4.90 Å². The summed E-state index contributed by atoms with van der Waals surface area (Å²) < 4.78 is 0. The van der Waals surface area contributed by atoms with E-state index in [9.17, 15) is 9.59 Å². The van der Waals surface area contributed by atoms with Crippen LogP contribution >= 0.6 is 0 Å². The number of nitrogens with zero attached hydrogens (tertiary/aromatic N) is 1. The molecule has 1 N–H and O–H groups in total. The molecule has 4 heteroatoms. The third-order valence-electron chi connectivity index (χ3n) is 2.84. The summed E-state index contributed by atoms with van der Waals surface area (Å²) in [7, 11) is 1.63. The number of aliphatic carboxylic acids is 1. The van der Waals surface area contributed by atoms with Gasteiger partial charge in [0, 0.05) is 12.5 Å². The van der Waals surface area contributed by atoms with Gasteiger partial charge in [0.2, 0.25) is 0 Å². The molecular formula is C13H23NO3. The molecule has 0 aliphatic carbocycles. The molecule has 4 nitrogen and oxygen atoms in total. The summed E-state index contributed by atoms with van der Waals surface area (Å²) in [6.45, 7) is 7.79. The van der Waals surface area contributed by atoms with E-state index in [-0.39, 0.29) is 11.7 Å².